The highest BCUT2D eigenvalue weighted by Gasteiger charge is 2.23. The molecule has 0 aliphatic heterocycles. The summed E-state index contributed by atoms with van der Waals surface area (Å²) in [4.78, 5) is 20.7. The van der Waals surface area contributed by atoms with Gasteiger partial charge in [0.25, 0.3) is 5.56 Å². The number of halogens is 2. The first-order valence-electron chi connectivity index (χ1n) is 6.20. The Kier molecular flexibility index (Phi) is 4.09. The van der Waals surface area contributed by atoms with Gasteiger partial charge in [0.1, 0.15) is 3.57 Å². The van der Waals surface area contributed by atoms with Crippen molar-refractivity contribution in [2.75, 3.05) is 0 Å². The smallest absolute Gasteiger partial charge is 0.264 e. The fraction of sp³-hybridized carbons (Fsp3) is 0.385. The molecular formula is C13H12BrIN2OS. The lowest BCUT2D eigenvalue weighted by Gasteiger charge is -2.11. The summed E-state index contributed by atoms with van der Waals surface area (Å²) >= 11 is 7.16. The van der Waals surface area contributed by atoms with Crippen LogP contribution in [0.1, 0.15) is 37.3 Å². The minimum absolute atomic E-state index is 0.0166. The SMILES string of the molecule is O=c1[nH]c(-c2ccc(Br)s2)nc(C2CCCC2)c1I. The van der Waals surface area contributed by atoms with Gasteiger partial charge in [0.15, 0.2) is 5.82 Å². The van der Waals surface area contributed by atoms with Gasteiger partial charge < -0.3 is 4.98 Å². The van der Waals surface area contributed by atoms with Gasteiger partial charge in [-0.25, -0.2) is 4.98 Å². The van der Waals surface area contributed by atoms with E-state index in [1.165, 1.54) is 12.8 Å². The minimum atomic E-state index is -0.0166. The van der Waals surface area contributed by atoms with Crippen molar-refractivity contribution >= 4 is 49.9 Å². The highest BCUT2D eigenvalue weighted by molar-refractivity contribution is 14.1. The molecule has 0 amide bonds. The van der Waals surface area contributed by atoms with Gasteiger partial charge in [-0.3, -0.25) is 4.79 Å². The molecule has 1 N–H and O–H groups in total. The molecule has 0 radical (unpaired) electrons. The summed E-state index contributed by atoms with van der Waals surface area (Å²) in [5, 5.41) is 0. The molecule has 0 spiro atoms. The predicted molar refractivity (Wildman–Crippen MR) is 89.8 cm³/mol. The van der Waals surface area contributed by atoms with Crippen molar-refractivity contribution in [1.29, 1.82) is 0 Å². The number of H-pyrrole nitrogens is 1. The lowest BCUT2D eigenvalue weighted by Crippen LogP contribution is -2.17. The van der Waals surface area contributed by atoms with E-state index < -0.39 is 0 Å². The van der Waals surface area contributed by atoms with E-state index >= 15 is 0 Å². The third kappa shape index (κ3) is 2.80. The maximum atomic E-state index is 12.1. The molecule has 6 heteroatoms. The molecule has 0 bridgehead atoms. The van der Waals surface area contributed by atoms with E-state index in [-0.39, 0.29) is 5.56 Å². The Balaban J connectivity index is 2.09. The molecule has 2 aromatic rings. The van der Waals surface area contributed by atoms with Crippen LogP contribution in [0.15, 0.2) is 20.7 Å². The average molecular weight is 451 g/mol. The van der Waals surface area contributed by atoms with Gasteiger partial charge in [-0.1, -0.05) is 12.8 Å². The summed E-state index contributed by atoms with van der Waals surface area (Å²) in [5.74, 6) is 1.15. The number of thiophene rings is 1. The van der Waals surface area contributed by atoms with Gasteiger partial charge in [0.05, 0.1) is 14.4 Å². The highest BCUT2D eigenvalue weighted by atomic mass is 127. The summed E-state index contributed by atoms with van der Waals surface area (Å²) < 4.78 is 1.80. The molecule has 2 aromatic heterocycles. The number of aromatic nitrogens is 2. The first-order valence-corrected chi connectivity index (χ1v) is 8.89. The van der Waals surface area contributed by atoms with Gasteiger partial charge in [-0.15, -0.1) is 11.3 Å². The quantitative estimate of drug-likeness (QED) is 0.683. The maximum absolute atomic E-state index is 12.1. The van der Waals surface area contributed by atoms with Gasteiger partial charge in [0.2, 0.25) is 0 Å². The Morgan fingerprint density at radius 3 is 2.74 bits per heavy atom. The van der Waals surface area contributed by atoms with Crippen LogP contribution in [0, 0.1) is 3.57 Å². The fourth-order valence-electron chi connectivity index (χ4n) is 2.50. The van der Waals surface area contributed by atoms with Gasteiger partial charge in [-0.05, 0) is 63.5 Å². The number of nitrogens with one attached hydrogen (secondary N) is 1. The number of rotatable bonds is 2. The Morgan fingerprint density at radius 1 is 1.37 bits per heavy atom. The summed E-state index contributed by atoms with van der Waals surface area (Å²) in [6.07, 6.45) is 4.80. The standard InChI is InChI=1S/C13H12BrIN2OS/c14-9-6-5-8(19-9)12-16-11(7-3-1-2-4-7)10(15)13(18)17-12/h5-7H,1-4H2,(H,16,17,18). The molecule has 0 aromatic carbocycles. The summed E-state index contributed by atoms with van der Waals surface area (Å²) in [5.41, 5.74) is 0.971. The molecule has 1 aliphatic rings. The van der Waals surface area contributed by atoms with Crippen molar-refractivity contribution in [1.82, 2.24) is 9.97 Å². The number of hydrogen-bond donors (Lipinski definition) is 1. The Bertz CT molecular complexity index is 661. The van der Waals surface area contributed by atoms with E-state index in [1.54, 1.807) is 11.3 Å². The van der Waals surface area contributed by atoms with Crippen molar-refractivity contribution in [3.8, 4) is 10.7 Å². The van der Waals surface area contributed by atoms with Crippen molar-refractivity contribution in [2.24, 2.45) is 0 Å². The van der Waals surface area contributed by atoms with Crippen LogP contribution >= 0.6 is 49.9 Å². The number of nitrogens with zero attached hydrogens (tertiary/aromatic N) is 1. The molecule has 3 rings (SSSR count). The lowest BCUT2D eigenvalue weighted by atomic mass is 10.0. The summed E-state index contributed by atoms with van der Waals surface area (Å²) in [6, 6.07) is 3.96. The Morgan fingerprint density at radius 2 is 2.11 bits per heavy atom. The first-order chi connectivity index (χ1) is 9.15. The number of aromatic amines is 1. The molecule has 0 unspecified atom stereocenters. The average Bonchev–Trinajstić information content (AvgIpc) is 3.03. The maximum Gasteiger partial charge on any atom is 0.264 e. The molecule has 1 fully saturated rings. The highest BCUT2D eigenvalue weighted by Crippen LogP contribution is 2.36. The Hall–Kier alpha value is -0.210. The van der Waals surface area contributed by atoms with Crippen LogP contribution in [-0.2, 0) is 0 Å². The zero-order valence-electron chi connectivity index (χ0n) is 10.1. The predicted octanol–water partition coefficient (Wildman–Crippen LogP) is 4.52. The summed E-state index contributed by atoms with van der Waals surface area (Å²) in [6.45, 7) is 0. The van der Waals surface area contributed by atoms with E-state index in [0.717, 1.165) is 30.8 Å². The zero-order chi connectivity index (χ0) is 13.4. The first kappa shape index (κ1) is 13.8. The second-order valence-electron chi connectivity index (χ2n) is 4.70. The second kappa shape index (κ2) is 5.65. The summed E-state index contributed by atoms with van der Waals surface area (Å²) in [7, 11) is 0. The molecule has 1 saturated carbocycles. The van der Waals surface area contributed by atoms with Gasteiger partial charge in [0, 0.05) is 5.92 Å². The molecule has 3 nitrogen and oxygen atoms in total. The van der Waals surface area contributed by atoms with Crippen LogP contribution < -0.4 is 5.56 Å². The molecule has 0 atom stereocenters. The second-order valence-corrected chi connectivity index (χ2v) is 8.24. The molecule has 19 heavy (non-hydrogen) atoms. The third-order valence-corrected chi connectivity index (χ3v) is 6.11. The molecule has 1 aliphatic carbocycles. The van der Waals surface area contributed by atoms with Gasteiger partial charge in [-0.2, -0.15) is 0 Å². The molecular weight excluding hydrogens is 439 g/mol. The van der Waals surface area contributed by atoms with Crippen molar-refractivity contribution in [3.05, 3.63) is 35.5 Å². The van der Waals surface area contributed by atoms with E-state index in [4.69, 9.17) is 4.98 Å². The van der Waals surface area contributed by atoms with Crippen molar-refractivity contribution in [2.45, 2.75) is 31.6 Å². The van der Waals surface area contributed by atoms with E-state index in [1.807, 2.05) is 12.1 Å². The van der Waals surface area contributed by atoms with Crippen LogP contribution in [-0.4, -0.2) is 9.97 Å². The number of hydrogen-bond acceptors (Lipinski definition) is 3. The molecule has 0 saturated heterocycles. The zero-order valence-corrected chi connectivity index (χ0v) is 14.6. The lowest BCUT2D eigenvalue weighted by molar-refractivity contribution is 0.688. The Labute approximate surface area is 137 Å². The van der Waals surface area contributed by atoms with Crippen LogP contribution in [0.3, 0.4) is 0 Å². The van der Waals surface area contributed by atoms with Crippen LogP contribution in [0.2, 0.25) is 0 Å². The fourth-order valence-corrected chi connectivity index (χ4v) is 4.53. The largest absolute Gasteiger partial charge is 0.305 e. The van der Waals surface area contributed by atoms with Crippen LogP contribution in [0.25, 0.3) is 10.7 Å². The minimum Gasteiger partial charge on any atom is -0.305 e. The van der Waals surface area contributed by atoms with Gasteiger partial charge >= 0.3 is 0 Å². The van der Waals surface area contributed by atoms with E-state index in [0.29, 0.717) is 11.7 Å². The van der Waals surface area contributed by atoms with Crippen molar-refractivity contribution in [3.63, 3.8) is 0 Å². The monoisotopic (exact) mass is 450 g/mol. The van der Waals surface area contributed by atoms with E-state index in [2.05, 4.69) is 43.5 Å². The van der Waals surface area contributed by atoms with E-state index in [9.17, 15) is 4.79 Å². The van der Waals surface area contributed by atoms with Crippen molar-refractivity contribution < 1.29 is 0 Å². The molecule has 100 valence electrons. The third-order valence-electron chi connectivity index (χ3n) is 3.44. The molecule has 2 heterocycles. The van der Waals surface area contributed by atoms with Crippen LogP contribution in [0.5, 0.6) is 0 Å². The topological polar surface area (TPSA) is 45.8 Å². The normalized spacial score (nSPS) is 16.1. The van der Waals surface area contributed by atoms with Crippen LogP contribution in [0.4, 0.5) is 0 Å².